The number of hydrogen-bond donors (Lipinski definition) is 1. The molecule has 1 atom stereocenters. The van der Waals surface area contributed by atoms with Gasteiger partial charge in [0.2, 0.25) is 5.95 Å². The molecule has 0 saturated heterocycles. The molecule has 3 nitrogen and oxygen atoms in total. The summed E-state index contributed by atoms with van der Waals surface area (Å²) in [4.78, 5) is 8.73. The molecule has 0 amide bonds. The van der Waals surface area contributed by atoms with Gasteiger partial charge < -0.3 is 5.32 Å². The highest BCUT2D eigenvalue weighted by Gasteiger charge is 2.10. The molecular formula is C14H16ClN3. The Morgan fingerprint density at radius 3 is 2.33 bits per heavy atom. The van der Waals surface area contributed by atoms with E-state index in [1.807, 2.05) is 51.1 Å². The third kappa shape index (κ3) is 2.99. The first kappa shape index (κ1) is 12.8. The minimum absolute atomic E-state index is 0.0694. The molecule has 1 N–H and O–H groups in total. The predicted molar refractivity (Wildman–Crippen MR) is 75.0 cm³/mol. The summed E-state index contributed by atoms with van der Waals surface area (Å²) < 4.78 is 0. The first-order valence-electron chi connectivity index (χ1n) is 5.89. The molecule has 2 aromatic rings. The summed E-state index contributed by atoms with van der Waals surface area (Å²) in [6.45, 7) is 5.96. The zero-order valence-corrected chi connectivity index (χ0v) is 11.5. The molecule has 0 aliphatic rings. The van der Waals surface area contributed by atoms with E-state index >= 15 is 0 Å². The number of nitrogens with zero attached hydrogens (tertiary/aromatic N) is 2. The van der Waals surface area contributed by atoms with Gasteiger partial charge in [-0.2, -0.15) is 0 Å². The number of hydrogen-bond acceptors (Lipinski definition) is 3. The van der Waals surface area contributed by atoms with Gasteiger partial charge in [-0.25, -0.2) is 9.97 Å². The maximum Gasteiger partial charge on any atom is 0.223 e. The van der Waals surface area contributed by atoms with Crippen molar-refractivity contribution in [3.05, 3.63) is 52.3 Å². The van der Waals surface area contributed by atoms with Crippen LogP contribution in [-0.2, 0) is 0 Å². The van der Waals surface area contributed by atoms with Crippen LogP contribution >= 0.6 is 11.6 Å². The Balaban J connectivity index is 2.21. The molecular weight excluding hydrogens is 246 g/mol. The van der Waals surface area contributed by atoms with Gasteiger partial charge in [0, 0.05) is 16.4 Å². The van der Waals surface area contributed by atoms with E-state index in [9.17, 15) is 0 Å². The zero-order chi connectivity index (χ0) is 13.1. The Bertz CT molecular complexity index is 534. The van der Waals surface area contributed by atoms with Gasteiger partial charge >= 0.3 is 0 Å². The van der Waals surface area contributed by atoms with E-state index in [-0.39, 0.29) is 6.04 Å². The van der Waals surface area contributed by atoms with Crippen molar-refractivity contribution >= 4 is 17.5 Å². The minimum Gasteiger partial charge on any atom is -0.348 e. The first-order valence-corrected chi connectivity index (χ1v) is 6.27. The van der Waals surface area contributed by atoms with Crippen LogP contribution in [0.4, 0.5) is 5.95 Å². The predicted octanol–water partition coefficient (Wildman–Crippen LogP) is 3.92. The largest absolute Gasteiger partial charge is 0.348 e. The van der Waals surface area contributed by atoms with Crippen molar-refractivity contribution in [3.8, 4) is 0 Å². The van der Waals surface area contributed by atoms with Crippen LogP contribution in [0.2, 0.25) is 5.02 Å². The van der Waals surface area contributed by atoms with Gasteiger partial charge in [-0.1, -0.05) is 29.8 Å². The lowest BCUT2D eigenvalue weighted by Gasteiger charge is -2.16. The number of rotatable bonds is 3. The van der Waals surface area contributed by atoms with Crippen molar-refractivity contribution in [1.29, 1.82) is 0 Å². The van der Waals surface area contributed by atoms with Gasteiger partial charge in [0.1, 0.15) is 0 Å². The maximum absolute atomic E-state index is 6.17. The lowest BCUT2D eigenvalue weighted by molar-refractivity contribution is 0.853. The van der Waals surface area contributed by atoms with E-state index in [2.05, 4.69) is 15.3 Å². The molecule has 18 heavy (non-hydrogen) atoms. The van der Waals surface area contributed by atoms with Gasteiger partial charge in [-0.3, -0.25) is 0 Å². The molecule has 0 saturated carbocycles. The average Bonchev–Trinajstić information content (AvgIpc) is 2.27. The highest BCUT2D eigenvalue weighted by Crippen LogP contribution is 2.24. The minimum atomic E-state index is 0.0694. The SMILES string of the molecule is Cc1cc(C)nc(NC(C)c2ccccc2Cl)n1. The van der Waals surface area contributed by atoms with Gasteiger partial charge in [0.25, 0.3) is 0 Å². The standard InChI is InChI=1S/C14H16ClN3/c1-9-8-10(2)17-14(16-9)18-11(3)12-6-4-5-7-13(12)15/h4-8,11H,1-3H3,(H,16,17,18). The van der Waals surface area contributed by atoms with E-state index < -0.39 is 0 Å². The average molecular weight is 262 g/mol. The molecule has 94 valence electrons. The van der Waals surface area contributed by atoms with Crippen molar-refractivity contribution in [2.75, 3.05) is 5.32 Å². The van der Waals surface area contributed by atoms with Crippen molar-refractivity contribution < 1.29 is 0 Å². The molecule has 0 radical (unpaired) electrons. The van der Waals surface area contributed by atoms with E-state index in [4.69, 9.17) is 11.6 Å². The van der Waals surface area contributed by atoms with E-state index in [0.29, 0.717) is 5.95 Å². The van der Waals surface area contributed by atoms with Crippen LogP contribution in [-0.4, -0.2) is 9.97 Å². The molecule has 0 spiro atoms. The van der Waals surface area contributed by atoms with E-state index in [0.717, 1.165) is 22.0 Å². The van der Waals surface area contributed by atoms with Gasteiger partial charge in [0.15, 0.2) is 0 Å². The topological polar surface area (TPSA) is 37.8 Å². The summed E-state index contributed by atoms with van der Waals surface area (Å²) in [5.74, 6) is 0.639. The van der Waals surface area contributed by atoms with Crippen LogP contribution < -0.4 is 5.32 Å². The van der Waals surface area contributed by atoms with Crippen LogP contribution in [0.1, 0.15) is 29.9 Å². The van der Waals surface area contributed by atoms with Crippen LogP contribution in [0.3, 0.4) is 0 Å². The smallest absolute Gasteiger partial charge is 0.223 e. The normalized spacial score (nSPS) is 12.2. The Hall–Kier alpha value is -1.61. The Kier molecular flexibility index (Phi) is 3.82. The Morgan fingerprint density at radius 2 is 1.72 bits per heavy atom. The highest BCUT2D eigenvalue weighted by molar-refractivity contribution is 6.31. The molecule has 0 bridgehead atoms. The summed E-state index contributed by atoms with van der Waals surface area (Å²) in [6, 6.07) is 9.80. The monoisotopic (exact) mass is 261 g/mol. The van der Waals surface area contributed by atoms with Crippen LogP contribution in [0.15, 0.2) is 30.3 Å². The quantitative estimate of drug-likeness (QED) is 0.910. The molecule has 0 aliphatic carbocycles. The molecule has 4 heteroatoms. The molecule has 1 aromatic carbocycles. The fraction of sp³-hybridized carbons (Fsp3) is 0.286. The number of anilines is 1. The number of aromatic nitrogens is 2. The number of nitrogens with one attached hydrogen (secondary N) is 1. The third-order valence-electron chi connectivity index (χ3n) is 2.70. The van der Waals surface area contributed by atoms with Gasteiger partial charge in [-0.05, 0) is 38.5 Å². The van der Waals surface area contributed by atoms with Crippen LogP contribution in [0, 0.1) is 13.8 Å². The van der Waals surface area contributed by atoms with Gasteiger partial charge in [0.05, 0.1) is 6.04 Å². The second-order valence-electron chi connectivity index (χ2n) is 4.36. The van der Waals surface area contributed by atoms with Crippen molar-refractivity contribution in [2.45, 2.75) is 26.8 Å². The fourth-order valence-electron chi connectivity index (χ4n) is 1.89. The molecule has 1 unspecified atom stereocenters. The molecule has 1 heterocycles. The zero-order valence-electron chi connectivity index (χ0n) is 10.7. The summed E-state index contributed by atoms with van der Waals surface area (Å²) >= 11 is 6.17. The molecule has 0 aliphatic heterocycles. The second kappa shape index (κ2) is 5.36. The lowest BCUT2D eigenvalue weighted by atomic mass is 10.1. The lowest BCUT2D eigenvalue weighted by Crippen LogP contribution is -2.10. The van der Waals surface area contributed by atoms with Crippen LogP contribution in [0.5, 0.6) is 0 Å². The fourth-order valence-corrected chi connectivity index (χ4v) is 2.19. The number of benzene rings is 1. The van der Waals surface area contributed by atoms with E-state index in [1.54, 1.807) is 0 Å². The van der Waals surface area contributed by atoms with Crippen molar-refractivity contribution in [2.24, 2.45) is 0 Å². The summed E-state index contributed by atoms with van der Waals surface area (Å²) in [5.41, 5.74) is 2.95. The first-order chi connectivity index (χ1) is 8.56. The number of halogens is 1. The Morgan fingerprint density at radius 1 is 1.11 bits per heavy atom. The summed E-state index contributed by atoms with van der Waals surface area (Å²) in [6.07, 6.45) is 0. The highest BCUT2D eigenvalue weighted by atomic mass is 35.5. The number of aryl methyl sites for hydroxylation is 2. The molecule has 1 aromatic heterocycles. The van der Waals surface area contributed by atoms with Crippen molar-refractivity contribution in [1.82, 2.24) is 9.97 Å². The second-order valence-corrected chi connectivity index (χ2v) is 4.77. The molecule has 0 fully saturated rings. The summed E-state index contributed by atoms with van der Waals surface area (Å²) in [7, 11) is 0. The summed E-state index contributed by atoms with van der Waals surface area (Å²) in [5, 5.41) is 4.03. The van der Waals surface area contributed by atoms with Crippen molar-refractivity contribution in [3.63, 3.8) is 0 Å². The van der Waals surface area contributed by atoms with E-state index in [1.165, 1.54) is 0 Å². The molecule has 2 rings (SSSR count). The Labute approximate surface area is 112 Å². The third-order valence-corrected chi connectivity index (χ3v) is 3.04. The van der Waals surface area contributed by atoms with Gasteiger partial charge in [-0.15, -0.1) is 0 Å². The van der Waals surface area contributed by atoms with Crippen LogP contribution in [0.25, 0.3) is 0 Å². The maximum atomic E-state index is 6.17.